The Morgan fingerprint density at radius 3 is 2.42 bits per heavy atom. The van der Waals surface area contributed by atoms with Gasteiger partial charge >= 0.3 is 0 Å². The van der Waals surface area contributed by atoms with Crippen molar-refractivity contribution in [2.24, 2.45) is 5.41 Å². The number of thiophene rings is 1. The predicted octanol–water partition coefficient (Wildman–Crippen LogP) is 5.06. The van der Waals surface area contributed by atoms with Crippen molar-refractivity contribution in [1.82, 2.24) is 14.7 Å². The lowest BCUT2D eigenvalue weighted by Crippen LogP contribution is -2.53. The van der Waals surface area contributed by atoms with Crippen LogP contribution in [0.15, 0.2) is 60.0 Å². The molecule has 0 spiro atoms. The molecule has 2 amide bonds. The Balaban J connectivity index is 1.33. The topological polar surface area (TPSA) is 53.1 Å². The van der Waals surface area contributed by atoms with E-state index >= 15 is 0 Å². The van der Waals surface area contributed by atoms with Crippen LogP contribution in [0.5, 0.6) is 5.75 Å². The van der Waals surface area contributed by atoms with E-state index in [1.807, 2.05) is 63.1 Å². The summed E-state index contributed by atoms with van der Waals surface area (Å²) < 4.78 is 6.54. The molecular formula is C29H37N3O3S. The van der Waals surface area contributed by atoms with Gasteiger partial charge in [0.1, 0.15) is 11.9 Å². The fraction of sp³-hybridized carbons (Fsp3) is 0.448. The molecule has 0 aliphatic carbocycles. The first-order valence-electron chi connectivity index (χ1n) is 12.7. The highest BCUT2D eigenvalue weighted by atomic mass is 32.1. The smallest absolute Gasteiger partial charge is 0.236 e. The molecule has 0 saturated carbocycles. The molecule has 1 aliphatic heterocycles. The summed E-state index contributed by atoms with van der Waals surface area (Å²) in [4.78, 5) is 32.5. The van der Waals surface area contributed by atoms with Crippen molar-refractivity contribution >= 4 is 33.9 Å². The maximum absolute atomic E-state index is 13.0. The summed E-state index contributed by atoms with van der Waals surface area (Å²) in [6.07, 6.45) is 0.581. The first kappa shape index (κ1) is 26.2. The quantitative estimate of drug-likeness (QED) is 0.428. The molecule has 0 radical (unpaired) electrons. The summed E-state index contributed by atoms with van der Waals surface area (Å²) in [6.45, 7) is 9.64. The van der Waals surface area contributed by atoms with E-state index in [0.717, 1.165) is 34.5 Å². The number of benzene rings is 2. The number of rotatable bonds is 8. The minimum absolute atomic E-state index is 0.0979. The van der Waals surface area contributed by atoms with Crippen LogP contribution in [0.25, 0.3) is 10.8 Å². The van der Waals surface area contributed by atoms with Gasteiger partial charge in [-0.25, -0.2) is 0 Å². The molecule has 0 bridgehead atoms. The fourth-order valence-corrected chi connectivity index (χ4v) is 5.31. The van der Waals surface area contributed by atoms with E-state index in [-0.39, 0.29) is 23.3 Å². The summed E-state index contributed by atoms with van der Waals surface area (Å²) in [6, 6.07) is 18.5. The second kappa shape index (κ2) is 11.4. The van der Waals surface area contributed by atoms with Crippen LogP contribution in [0.1, 0.15) is 38.2 Å². The third-order valence-electron chi connectivity index (χ3n) is 6.69. The van der Waals surface area contributed by atoms with Crippen LogP contribution in [0.2, 0.25) is 0 Å². The number of carbonyl (C=O) groups excluding carboxylic acids is 2. The van der Waals surface area contributed by atoms with E-state index in [4.69, 9.17) is 4.74 Å². The summed E-state index contributed by atoms with van der Waals surface area (Å²) >= 11 is 1.68. The highest BCUT2D eigenvalue weighted by Crippen LogP contribution is 2.33. The van der Waals surface area contributed by atoms with E-state index in [2.05, 4.69) is 34.5 Å². The molecule has 4 rings (SSSR count). The van der Waals surface area contributed by atoms with E-state index in [1.165, 1.54) is 0 Å². The van der Waals surface area contributed by atoms with Crippen molar-refractivity contribution < 1.29 is 14.3 Å². The number of carbonyl (C=O) groups is 2. The van der Waals surface area contributed by atoms with E-state index in [0.29, 0.717) is 32.6 Å². The number of nitrogens with zero attached hydrogens (tertiary/aromatic N) is 3. The van der Waals surface area contributed by atoms with E-state index in [9.17, 15) is 9.59 Å². The predicted molar refractivity (Wildman–Crippen MR) is 146 cm³/mol. The molecule has 1 aromatic heterocycles. The SMILES string of the molecule is CN(CCC(Oc1cccc2ccccc12)c1cccs1)C(=O)CN1CCN(C(=O)C(C)(C)C)CC1. The first-order chi connectivity index (χ1) is 17.2. The Hall–Kier alpha value is -2.90. The van der Waals surface area contributed by atoms with E-state index in [1.54, 1.807) is 16.2 Å². The summed E-state index contributed by atoms with van der Waals surface area (Å²) in [7, 11) is 1.87. The summed E-state index contributed by atoms with van der Waals surface area (Å²) in [5.41, 5.74) is -0.370. The maximum Gasteiger partial charge on any atom is 0.236 e. The Morgan fingerprint density at radius 2 is 1.72 bits per heavy atom. The number of hydrogen-bond acceptors (Lipinski definition) is 5. The fourth-order valence-electron chi connectivity index (χ4n) is 4.52. The van der Waals surface area contributed by atoms with Gasteiger partial charge in [-0.2, -0.15) is 0 Å². The summed E-state index contributed by atoms with van der Waals surface area (Å²) in [5, 5.41) is 4.31. The number of amides is 2. The third kappa shape index (κ3) is 6.45. The molecule has 2 heterocycles. The van der Waals surface area contributed by atoms with Gasteiger partial charge in [0, 0.05) is 61.9 Å². The number of ether oxygens (including phenoxy) is 1. The number of hydrogen-bond donors (Lipinski definition) is 0. The zero-order valence-electron chi connectivity index (χ0n) is 21.8. The molecule has 2 aromatic carbocycles. The largest absolute Gasteiger partial charge is 0.484 e. The Morgan fingerprint density at radius 1 is 1.00 bits per heavy atom. The minimum Gasteiger partial charge on any atom is -0.484 e. The number of likely N-dealkylation sites (N-methyl/N-ethyl adjacent to an activating group) is 1. The average molecular weight is 508 g/mol. The average Bonchev–Trinajstić information content (AvgIpc) is 3.41. The van der Waals surface area contributed by atoms with Crippen LogP contribution in [0.4, 0.5) is 0 Å². The van der Waals surface area contributed by atoms with Gasteiger partial charge in [0.05, 0.1) is 6.54 Å². The molecule has 1 atom stereocenters. The second-order valence-electron chi connectivity index (χ2n) is 10.5. The monoisotopic (exact) mass is 507 g/mol. The Labute approximate surface area is 218 Å². The van der Waals surface area contributed by atoms with Gasteiger partial charge in [0.2, 0.25) is 11.8 Å². The van der Waals surface area contributed by atoms with Crippen molar-refractivity contribution in [2.45, 2.75) is 33.3 Å². The third-order valence-corrected chi connectivity index (χ3v) is 7.66. The van der Waals surface area contributed by atoms with Crippen LogP contribution in [0, 0.1) is 5.41 Å². The molecule has 1 aliphatic rings. The Bertz CT molecular complexity index is 1160. The van der Waals surface area contributed by atoms with Crippen molar-refractivity contribution in [2.75, 3.05) is 46.3 Å². The van der Waals surface area contributed by atoms with Crippen molar-refractivity contribution in [1.29, 1.82) is 0 Å². The number of fused-ring (bicyclic) bond motifs is 1. The molecule has 1 saturated heterocycles. The first-order valence-corrected chi connectivity index (χ1v) is 13.5. The molecule has 1 unspecified atom stereocenters. The molecule has 192 valence electrons. The van der Waals surface area contributed by atoms with Crippen molar-refractivity contribution in [3.8, 4) is 5.75 Å². The van der Waals surface area contributed by atoms with E-state index < -0.39 is 0 Å². The van der Waals surface area contributed by atoms with Gasteiger partial charge in [-0.15, -0.1) is 11.3 Å². The van der Waals surface area contributed by atoms with Gasteiger partial charge in [-0.05, 0) is 22.9 Å². The highest BCUT2D eigenvalue weighted by molar-refractivity contribution is 7.10. The molecule has 1 fully saturated rings. The minimum atomic E-state index is -0.370. The number of piperazine rings is 1. The van der Waals surface area contributed by atoms with Crippen LogP contribution in [0.3, 0.4) is 0 Å². The normalized spacial score (nSPS) is 15.6. The standard InChI is InChI=1S/C29H37N3O3S/c1-29(2,3)28(34)32-18-16-31(17-19-32)21-27(33)30(4)15-14-25(26-13-8-20-36-26)35-24-12-7-10-22-9-5-6-11-23(22)24/h5-13,20,25H,14-19,21H2,1-4H3. The van der Waals surface area contributed by atoms with Crippen molar-refractivity contribution in [3.63, 3.8) is 0 Å². The van der Waals surface area contributed by atoms with Crippen LogP contribution in [-0.2, 0) is 9.59 Å². The van der Waals surface area contributed by atoms with Gasteiger partial charge in [0.25, 0.3) is 0 Å². The Kier molecular flexibility index (Phi) is 8.32. The highest BCUT2D eigenvalue weighted by Gasteiger charge is 2.30. The van der Waals surface area contributed by atoms with Crippen LogP contribution < -0.4 is 4.74 Å². The van der Waals surface area contributed by atoms with Crippen molar-refractivity contribution in [3.05, 3.63) is 64.9 Å². The molecule has 7 heteroatoms. The molecular weight excluding hydrogens is 470 g/mol. The molecule has 36 heavy (non-hydrogen) atoms. The summed E-state index contributed by atoms with van der Waals surface area (Å²) in [5.74, 6) is 1.14. The second-order valence-corrected chi connectivity index (χ2v) is 11.5. The maximum atomic E-state index is 13.0. The van der Waals surface area contributed by atoms with Gasteiger partial charge in [-0.1, -0.05) is 63.2 Å². The molecule has 0 N–H and O–H groups in total. The lowest BCUT2D eigenvalue weighted by Gasteiger charge is -2.37. The van der Waals surface area contributed by atoms with Gasteiger partial charge in [-0.3, -0.25) is 14.5 Å². The zero-order valence-corrected chi connectivity index (χ0v) is 22.6. The van der Waals surface area contributed by atoms with Crippen LogP contribution in [-0.4, -0.2) is 72.8 Å². The van der Waals surface area contributed by atoms with Crippen LogP contribution >= 0.6 is 11.3 Å². The zero-order chi connectivity index (χ0) is 25.7. The lowest BCUT2D eigenvalue weighted by atomic mass is 9.94. The molecule has 6 nitrogen and oxygen atoms in total. The van der Waals surface area contributed by atoms with Gasteiger partial charge in [0.15, 0.2) is 0 Å². The molecule has 3 aromatic rings. The lowest BCUT2D eigenvalue weighted by molar-refractivity contribution is -0.141. The van der Waals surface area contributed by atoms with Gasteiger partial charge < -0.3 is 14.5 Å².